The highest BCUT2D eigenvalue weighted by Crippen LogP contribution is 2.38. The first-order valence-electron chi connectivity index (χ1n) is 5.85. The third kappa shape index (κ3) is 1.75. The van der Waals surface area contributed by atoms with Crippen molar-refractivity contribution in [1.82, 2.24) is 15.4 Å². The van der Waals surface area contributed by atoms with E-state index in [1.165, 1.54) is 25.5 Å². The van der Waals surface area contributed by atoms with Gasteiger partial charge in [0, 0.05) is 5.56 Å². The minimum Gasteiger partial charge on any atom is -0.287 e. The maximum Gasteiger partial charge on any atom is 0.215 e. The van der Waals surface area contributed by atoms with E-state index in [2.05, 4.69) is 21.5 Å². The van der Waals surface area contributed by atoms with E-state index in [1.807, 2.05) is 18.2 Å². The predicted molar refractivity (Wildman–Crippen MR) is 62.8 cm³/mol. The van der Waals surface area contributed by atoms with Crippen LogP contribution in [0.4, 0.5) is 0 Å². The van der Waals surface area contributed by atoms with Crippen LogP contribution in [-0.4, -0.2) is 21.2 Å². The van der Waals surface area contributed by atoms with Crippen LogP contribution < -0.4 is 0 Å². The molecule has 0 radical (unpaired) electrons. The number of hydrogen-bond acceptors (Lipinski definition) is 3. The van der Waals surface area contributed by atoms with E-state index in [1.54, 1.807) is 0 Å². The van der Waals surface area contributed by atoms with Crippen LogP contribution in [0.25, 0.3) is 0 Å². The van der Waals surface area contributed by atoms with Crippen molar-refractivity contribution >= 4 is 5.78 Å². The number of nitrogens with one attached hydrogen (secondary N) is 1. The lowest BCUT2D eigenvalue weighted by molar-refractivity contribution is 0.103. The van der Waals surface area contributed by atoms with Crippen LogP contribution in [0.15, 0.2) is 30.5 Å². The van der Waals surface area contributed by atoms with Crippen LogP contribution in [0, 0.1) is 0 Å². The fourth-order valence-electron chi connectivity index (χ4n) is 2.23. The molecule has 86 valence electrons. The number of rotatable bonds is 3. The Balaban J connectivity index is 1.99. The number of aromatic amines is 1. The quantitative estimate of drug-likeness (QED) is 0.818. The Bertz CT molecular complexity index is 529. The molecule has 17 heavy (non-hydrogen) atoms. The molecule has 0 saturated heterocycles. The monoisotopic (exact) mass is 227 g/mol. The molecular formula is C13H13N3O. The van der Waals surface area contributed by atoms with Crippen molar-refractivity contribution in [2.75, 3.05) is 0 Å². The number of carbonyl (C=O) groups is 1. The minimum absolute atomic E-state index is 0.0405. The second-order valence-corrected chi connectivity index (χ2v) is 4.40. The number of hydrogen-bond donors (Lipinski definition) is 1. The maximum absolute atomic E-state index is 12.3. The molecule has 2 aromatic rings. The van der Waals surface area contributed by atoms with E-state index in [0.29, 0.717) is 11.6 Å². The van der Waals surface area contributed by atoms with Crippen molar-refractivity contribution < 1.29 is 4.79 Å². The summed E-state index contributed by atoms with van der Waals surface area (Å²) in [5.41, 5.74) is 2.31. The Kier molecular flexibility index (Phi) is 2.48. The van der Waals surface area contributed by atoms with Gasteiger partial charge in [-0.2, -0.15) is 15.4 Å². The molecule has 1 aromatic carbocycles. The zero-order valence-electron chi connectivity index (χ0n) is 9.39. The SMILES string of the molecule is O=C(c1cn[nH]n1)c1ccccc1C1CCC1. The molecule has 1 fully saturated rings. The molecule has 1 saturated carbocycles. The molecule has 0 atom stereocenters. The maximum atomic E-state index is 12.3. The zero-order valence-corrected chi connectivity index (χ0v) is 9.39. The lowest BCUT2D eigenvalue weighted by atomic mass is 9.77. The second kappa shape index (κ2) is 4.13. The standard InChI is InChI=1S/C13H13N3O/c17-13(12-8-14-16-15-12)11-7-2-1-6-10(11)9-4-3-5-9/h1-2,6-9H,3-5H2,(H,14,15,16). The van der Waals surface area contributed by atoms with E-state index in [-0.39, 0.29) is 5.78 Å². The first-order chi connectivity index (χ1) is 8.36. The zero-order chi connectivity index (χ0) is 11.7. The molecule has 0 spiro atoms. The molecule has 0 bridgehead atoms. The number of H-pyrrole nitrogens is 1. The lowest BCUT2D eigenvalue weighted by Crippen LogP contribution is -2.14. The Hall–Kier alpha value is -1.97. The lowest BCUT2D eigenvalue weighted by Gasteiger charge is -2.27. The fraction of sp³-hybridized carbons (Fsp3) is 0.308. The van der Waals surface area contributed by atoms with Gasteiger partial charge in [-0.1, -0.05) is 30.7 Å². The van der Waals surface area contributed by atoms with Crippen LogP contribution in [-0.2, 0) is 0 Å². The van der Waals surface area contributed by atoms with Gasteiger partial charge in [-0.25, -0.2) is 0 Å². The van der Waals surface area contributed by atoms with Crippen LogP contribution >= 0.6 is 0 Å². The van der Waals surface area contributed by atoms with Gasteiger partial charge in [-0.05, 0) is 24.3 Å². The first kappa shape index (κ1) is 10.2. The molecule has 0 unspecified atom stereocenters. The minimum atomic E-state index is -0.0405. The molecule has 1 heterocycles. The van der Waals surface area contributed by atoms with E-state index in [9.17, 15) is 4.79 Å². The molecule has 1 N–H and O–H groups in total. The van der Waals surface area contributed by atoms with Crippen molar-refractivity contribution in [3.05, 3.63) is 47.3 Å². The molecule has 1 aliphatic rings. The Morgan fingerprint density at radius 3 is 2.76 bits per heavy atom. The summed E-state index contributed by atoms with van der Waals surface area (Å²) in [4.78, 5) is 12.3. The van der Waals surface area contributed by atoms with Crippen molar-refractivity contribution in [3.8, 4) is 0 Å². The molecule has 1 aliphatic carbocycles. The average Bonchev–Trinajstić information content (AvgIpc) is 2.80. The summed E-state index contributed by atoms with van der Waals surface area (Å²) < 4.78 is 0. The second-order valence-electron chi connectivity index (χ2n) is 4.40. The number of nitrogens with zero attached hydrogens (tertiary/aromatic N) is 2. The summed E-state index contributed by atoms with van der Waals surface area (Å²) in [7, 11) is 0. The topological polar surface area (TPSA) is 58.6 Å². The van der Waals surface area contributed by atoms with Gasteiger partial charge in [-0.15, -0.1) is 0 Å². The van der Waals surface area contributed by atoms with Gasteiger partial charge in [0.15, 0.2) is 5.69 Å². The molecule has 4 nitrogen and oxygen atoms in total. The average molecular weight is 227 g/mol. The number of ketones is 1. The van der Waals surface area contributed by atoms with Gasteiger partial charge in [0.2, 0.25) is 5.78 Å². The van der Waals surface area contributed by atoms with Gasteiger partial charge in [-0.3, -0.25) is 4.79 Å². The fourth-order valence-corrected chi connectivity index (χ4v) is 2.23. The van der Waals surface area contributed by atoms with Crippen molar-refractivity contribution in [1.29, 1.82) is 0 Å². The number of benzene rings is 1. The highest BCUT2D eigenvalue weighted by molar-refractivity contribution is 6.08. The van der Waals surface area contributed by atoms with Crippen molar-refractivity contribution in [2.24, 2.45) is 0 Å². The smallest absolute Gasteiger partial charge is 0.215 e. The highest BCUT2D eigenvalue weighted by Gasteiger charge is 2.25. The number of carbonyl (C=O) groups excluding carboxylic acids is 1. The summed E-state index contributed by atoms with van der Waals surface area (Å²) >= 11 is 0. The Labute approximate surface area is 99.1 Å². The van der Waals surface area contributed by atoms with Crippen LogP contribution in [0.3, 0.4) is 0 Å². The summed E-state index contributed by atoms with van der Waals surface area (Å²) in [5.74, 6) is 0.503. The Morgan fingerprint density at radius 2 is 2.12 bits per heavy atom. The molecular weight excluding hydrogens is 214 g/mol. The summed E-state index contributed by atoms with van der Waals surface area (Å²) in [5, 5.41) is 10.0. The molecule has 0 aliphatic heterocycles. The van der Waals surface area contributed by atoms with Gasteiger partial charge < -0.3 is 0 Å². The van der Waals surface area contributed by atoms with Crippen molar-refractivity contribution in [2.45, 2.75) is 25.2 Å². The highest BCUT2D eigenvalue weighted by atomic mass is 16.1. The third-order valence-electron chi connectivity index (χ3n) is 3.40. The predicted octanol–water partition coefficient (Wildman–Crippen LogP) is 2.30. The van der Waals surface area contributed by atoms with Crippen LogP contribution in [0.5, 0.6) is 0 Å². The third-order valence-corrected chi connectivity index (χ3v) is 3.40. The van der Waals surface area contributed by atoms with Gasteiger partial charge in [0.05, 0.1) is 6.20 Å². The molecule has 4 heteroatoms. The largest absolute Gasteiger partial charge is 0.287 e. The van der Waals surface area contributed by atoms with Gasteiger partial charge in [0.25, 0.3) is 0 Å². The van der Waals surface area contributed by atoms with Crippen molar-refractivity contribution in [3.63, 3.8) is 0 Å². The normalized spacial score (nSPS) is 15.5. The van der Waals surface area contributed by atoms with Gasteiger partial charge in [0.1, 0.15) is 0 Å². The van der Waals surface area contributed by atoms with Gasteiger partial charge >= 0.3 is 0 Å². The van der Waals surface area contributed by atoms with E-state index in [4.69, 9.17) is 0 Å². The van der Waals surface area contributed by atoms with Crippen LogP contribution in [0.2, 0.25) is 0 Å². The van der Waals surface area contributed by atoms with E-state index < -0.39 is 0 Å². The van der Waals surface area contributed by atoms with E-state index in [0.717, 1.165) is 11.1 Å². The van der Waals surface area contributed by atoms with Crippen LogP contribution in [0.1, 0.15) is 46.8 Å². The molecule has 0 amide bonds. The Morgan fingerprint density at radius 1 is 1.29 bits per heavy atom. The molecule has 3 rings (SSSR count). The summed E-state index contributed by atoms with van der Waals surface area (Å²) in [6.07, 6.45) is 5.10. The summed E-state index contributed by atoms with van der Waals surface area (Å²) in [6.45, 7) is 0. The number of aromatic nitrogens is 3. The molecule has 1 aromatic heterocycles. The van der Waals surface area contributed by atoms with E-state index >= 15 is 0 Å². The first-order valence-corrected chi connectivity index (χ1v) is 5.85. The summed E-state index contributed by atoms with van der Waals surface area (Å²) in [6, 6.07) is 7.82.